The van der Waals surface area contributed by atoms with Gasteiger partial charge in [0.2, 0.25) is 0 Å². The maximum absolute atomic E-state index is 8.67. The normalized spacial score (nSPS) is 23.0. The second-order valence-corrected chi connectivity index (χ2v) is 3.84. The summed E-state index contributed by atoms with van der Waals surface area (Å²) in [4.78, 5) is 26.0. The molecule has 0 saturated carbocycles. The van der Waals surface area contributed by atoms with E-state index in [2.05, 4.69) is 0 Å². The summed E-state index contributed by atoms with van der Waals surface area (Å²) < 4.78 is 1.33. The van der Waals surface area contributed by atoms with Crippen LogP contribution in [0.4, 0.5) is 0 Å². The van der Waals surface area contributed by atoms with E-state index in [1.165, 1.54) is 4.67 Å². The van der Waals surface area contributed by atoms with Crippen LogP contribution >= 0.6 is 8.09 Å². The zero-order valence-corrected chi connectivity index (χ0v) is 5.96. The smallest absolute Gasteiger partial charge is 0.178 e. The molecule has 0 radical (unpaired) electrons. The van der Waals surface area contributed by atoms with Gasteiger partial charge in [0.05, 0.1) is 0 Å². The Morgan fingerprint density at radius 1 is 1.00 bits per heavy atom. The predicted molar refractivity (Wildman–Crippen MR) is 34.4 cm³/mol. The summed E-state index contributed by atoms with van der Waals surface area (Å²) in [5.41, 5.74) is 0. The molecular formula is C4H11NO3P+. The van der Waals surface area contributed by atoms with Crippen molar-refractivity contribution >= 4 is 8.09 Å². The Morgan fingerprint density at radius 3 is 1.67 bits per heavy atom. The van der Waals surface area contributed by atoms with E-state index >= 15 is 0 Å². The maximum Gasteiger partial charge on any atom is 0.496 e. The van der Waals surface area contributed by atoms with E-state index in [1.807, 2.05) is 0 Å². The fourth-order valence-corrected chi connectivity index (χ4v) is 1.79. The monoisotopic (exact) mass is 152 g/mol. The van der Waals surface area contributed by atoms with E-state index in [0.717, 1.165) is 12.8 Å². The van der Waals surface area contributed by atoms with Gasteiger partial charge in [0.25, 0.3) is 0 Å². The minimum absolute atomic E-state index is 0.608. The van der Waals surface area contributed by atoms with Crippen molar-refractivity contribution in [2.75, 3.05) is 13.1 Å². The second kappa shape index (κ2) is 2.48. The standard InChI is InChI=1S/C4H11NO3P/c6-9(7,8)5-3-1-2-4-5/h6-8H,1-4H2/q+1. The van der Waals surface area contributed by atoms with Crippen molar-refractivity contribution in [3.8, 4) is 0 Å². The summed E-state index contributed by atoms with van der Waals surface area (Å²) >= 11 is 0. The molecule has 5 heteroatoms. The van der Waals surface area contributed by atoms with Crippen molar-refractivity contribution in [1.82, 2.24) is 4.67 Å². The molecule has 1 fully saturated rings. The largest absolute Gasteiger partial charge is 0.496 e. The van der Waals surface area contributed by atoms with Crippen LogP contribution in [0.5, 0.6) is 0 Å². The van der Waals surface area contributed by atoms with Crippen LogP contribution in [0.3, 0.4) is 0 Å². The third kappa shape index (κ3) is 1.85. The number of hydrogen-bond donors (Lipinski definition) is 3. The number of rotatable bonds is 1. The van der Waals surface area contributed by atoms with E-state index in [9.17, 15) is 0 Å². The summed E-state index contributed by atoms with van der Waals surface area (Å²) in [5, 5.41) is 0. The average Bonchev–Trinajstić information content (AvgIpc) is 2.08. The minimum Gasteiger partial charge on any atom is -0.178 e. The molecule has 54 valence electrons. The molecule has 9 heavy (non-hydrogen) atoms. The molecule has 1 rings (SSSR count). The molecule has 0 spiro atoms. The number of hydrogen-bond acceptors (Lipinski definition) is 4. The van der Waals surface area contributed by atoms with Gasteiger partial charge < -0.3 is 0 Å². The fourth-order valence-electron chi connectivity index (χ4n) is 0.969. The minimum atomic E-state index is -3.63. The van der Waals surface area contributed by atoms with Crippen LogP contribution in [0.1, 0.15) is 12.8 Å². The van der Waals surface area contributed by atoms with Gasteiger partial charge in [-0.25, -0.2) is 0 Å². The van der Waals surface area contributed by atoms with E-state index in [-0.39, 0.29) is 0 Å². The van der Waals surface area contributed by atoms with Crippen LogP contribution in [-0.4, -0.2) is 32.4 Å². The Morgan fingerprint density at radius 2 is 1.44 bits per heavy atom. The van der Waals surface area contributed by atoms with Gasteiger partial charge in [-0.3, -0.25) is 0 Å². The van der Waals surface area contributed by atoms with Crippen molar-refractivity contribution in [2.24, 2.45) is 0 Å². The first kappa shape index (κ1) is 7.38. The van der Waals surface area contributed by atoms with Crippen LogP contribution in [0.2, 0.25) is 0 Å². The number of nitrogens with zero attached hydrogens (tertiary/aromatic N) is 1. The van der Waals surface area contributed by atoms with Crippen LogP contribution in [-0.2, 0) is 0 Å². The lowest BCUT2D eigenvalue weighted by Crippen LogP contribution is -2.19. The Hall–Kier alpha value is 0.270. The summed E-state index contributed by atoms with van der Waals surface area (Å²) in [6.07, 6.45) is 1.90. The predicted octanol–water partition coefficient (Wildman–Crippen LogP) is -0.263. The highest BCUT2D eigenvalue weighted by molar-refractivity contribution is 7.56. The lowest BCUT2D eigenvalue weighted by Gasteiger charge is -2.12. The molecule has 0 unspecified atom stereocenters. The zero-order valence-electron chi connectivity index (χ0n) is 5.06. The molecular weight excluding hydrogens is 141 g/mol. The van der Waals surface area contributed by atoms with Crippen molar-refractivity contribution in [1.29, 1.82) is 0 Å². The Labute approximate surface area is 54.4 Å². The molecule has 0 bridgehead atoms. The highest BCUT2D eigenvalue weighted by Crippen LogP contribution is 2.50. The Bertz CT molecular complexity index is 96.5. The average molecular weight is 152 g/mol. The summed E-state index contributed by atoms with van der Waals surface area (Å²) in [6, 6.07) is 0. The molecule has 1 heterocycles. The Kier molecular flexibility index (Phi) is 2.03. The van der Waals surface area contributed by atoms with E-state index in [0.29, 0.717) is 13.1 Å². The highest BCUT2D eigenvalue weighted by Gasteiger charge is 2.42. The first-order chi connectivity index (χ1) is 4.11. The van der Waals surface area contributed by atoms with Crippen molar-refractivity contribution < 1.29 is 14.7 Å². The molecule has 0 aliphatic carbocycles. The fraction of sp³-hybridized carbons (Fsp3) is 1.00. The quantitative estimate of drug-likeness (QED) is 0.453. The van der Waals surface area contributed by atoms with Crippen LogP contribution in [0, 0.1) is 0 Å². The lowest BCUT2D eigenvalue weighted by molar-refractivity contribution is 0.250. The van der Waals surface area contributed by atoms with Gasteiger partial charge in [-0.05, 0) is 12.8 Å². The van der Waals surface area contributed by atoms with E-state index in [4.69, 9.17) is 14.7 Å². The molecule has 0 amide bonds. The van der Waals surface area contributed by atoms with Crippen LogP contribution in [0.15, 0.2) is 0 Å². The maximum atomic E-state index is 8.67. The SMILES string of the molecule is O[P+](O)(O)N1CCCC1. The first-order valence-electron chi connectivity index (χ1n) is 2.93. The van der Waals surface area contributed by atoms with Gasteiger partial charge in [-0.15, -0.1) is 4.67 Å². The molecule has 1 aliphatic heterocycles. The molecule has 0 aromatic rings. The molecule has 0 aromatic heterocycles. The highest BCUT2D eigenvalue weighted by atomic mass is 31.2. The van der Waals surface area contributed by atoms with Crippen molar-refractivity contribution in [3.05, 3.63) is 0 Å². The molecule has 0 atom stereocenters. The van der Waals surface area contributed by atoms with Crippen LogP contribution in [0.25, 0.3) is 0 Å². The van der Waals surface area contributed by atoms with Gasteiger partial charge in [-0.1, -0.05) is 0 Å². The molecule has 0 aromatic carbocycles. The van der Waals surface area contributed by atoms with E-state index in [1.54, 1.807) is 0 Å². The molecule has 1 aliphatic rings. The topological polar surface area (TPSA) is 63.9 Å². The molecule has 4 nitrogen and oxygen atoms in total. The van der Waals surface area contributed by atoms with Gasteiger partial charge in [0.1, 0.15) is 0 Å². The van der Waals surface area contributed by atoms with Crippen molar-refractivity contribution in [2.45, 2.75) is 12.8 Å². The molecule has 1 saturated heterocycles. The van der Waals surface area contributed by atoms with E-state index < -0.39 is 8.09 Å². The molecule has 3 N–H and O–H groups in total. The van der Waals surface area contributed by atoms with Crippen molar-refractivity contribution in [3.63, 3.8) is 0 Å². The second-order valence-electron chi connectivity index (χ2n) is 2.20. The summed E-state index contributed by atoms with van der Waals surface area (Å²) in [7, 11) is -3.63. The van der Waals surface area contributed by atoms with Gasteiger partial charge in [0, 0.05) is 13.1 Å². The third-order valence-electron chi connectivity index (χ3n) is 1.46. The summed E-state index contributed by atoms with van der Waals surface area (Å²) in [5.74, 6) is 0. The van der Waals surface area contributed by atoms with Crippen LogP contribution < -0.4 is 0 Å². The van der Waals surface area contributed by atoms with Gasteiger partial charge in [0.15, 0.2) is 0 Å². The van der Waals surface area contributed by atoms with Gasteiger partial charge >= 0.3 is 8.09 Å². The first-order valence-corrected chi connectivity index (χ1v) is 4.53. The summed E-state index contributed by atoms with van der Waals surface area (Å²) in [6.45, 7) is 1.22. The Balaban J connectivity index is 2.42. The third-order valence-corrected chi connectivity index (χ3v) is 2.62. The zero-order chi connectivity index (χ0) is 6.91. The van der Waals surface area contributed by atoms with Gasteiger partial charge in [-0.2, -0.15) is 14.7 Å². The lowest BCUT2D eigenvalue weighted by atomic mass is 10.4.